The summed E-state index contributed by atoms with van der Waals surface area (Å²) in [7, 11) is 1.51. The molecule has 35 heavy (non-hydrogen) atoms. The van der Waals surface area contributed by atoms with E-state index < -0.39 is 29.3 Å². The second-order valence-corrected chi connectivity index (χ2v) is 10.9. The number of thiophene rings is 1. The van der Waals surface area contributed by atoms with Crippen LogP contribution in [0.1, 0.15) is 53.3 Å². The fourth-order valence-electron chi connectivity index (χ4n) is 5.57. The second-order valence-electron chi connectivity index (χ2n) is 9.29. The molecule has 0 aromatic carbocycles. The highest BCUT2D eigenvalue weighted by atomic mass is 35.5. The zero-order valence-corrected chi connectivity index (χ0v) is 20.9. The summed E-state index contributed by atoms with van der Waals surface area (Å²) in [5.74, 6) is -1.13. The summed E-state index contributed by atoms with van der Waals surface area (Å²) in [4.78, 5) is 41.9. The highest BCUT2D eigenvalue weighted by Gasteiger charge is 2.53. The molecule has 186 valence electrons. The lowest BCUT2D eigenvalue weighted by Crippen LogP contribution is -2.46. The maximum atomic E-state index is 14.2. The number of amides is 2. The van der Waals surface area contributed by atoms with Crippen molar-refractivity contribution < 1.29 is 23.9 Å². The normalized spacial score (nSPS) is 25.5. The lowest BCUT2D eigenvalue weighted by molar-refractivity contribution is -0.139. The van der Waals surface area contributed by atoms with Crippen molar-refractivity contribution in [2.45, 2.75) is 55.5 Å². The molecule has 4 heterocycles. The van der Waals surface area contributed by atoms with Gasteiger partial charge in [-0.25, -0.2) is 0 Å². The van der Waals surface area contributed by atoms with Crippen molar-refractivity contribution in [3.05, 3.63) is 28.6 Å². The SMILES string of the molecule is COc1ccc(-c2cc([C@@H](C(=O)N3C[C@H](Cl)[C@H]4OCC(=O)[C@H]43)C3CCCCC3)c(C(N)=O)s2)nn1. The van der Waals surface area contributed by atoms with Gasteiger partial charge in [0.05, 0.1) is 28.2 Å². The third kappa shape index (κ3) is 4.43. The van der Waals surface area contributed by atoms with Crippen molar-refractivity contribution in [1.82, 2.24) is 15.1 Å². The fourth-order valence-corrected chi connectivity index (χ4v) is 6.96. The molecular formula is C24H27ClN4O5S. The number of ether oxygens (including phenoxy) is 2. The number of primary amides is 1. The van der Waals surface area contributed by atoms with E-state index >= 15 is 0 Å². The quantitative estimate of drug-likeness (QED) is 0.583. The van der Waals surface area contributed by atoms with Gasteiger partial charge in [-0.05, 0) is 36.5 Å². The van der Waals surface area contributed by atoms with Gasteiger partial charge in [0.1, 0.15) is 24.4 Å². The third-order valence-electron chi connectivity index (χ3n) is 7.21. The number of rotatable bonds is 6. The van der Waals surface area contributed by atoms with Gasteiger partial charge < -0.3 is 20.1 Å². The summed E-state index contributed by atoms with van der Waals surface area (Å²) in [5, 5.41) is 7.77. The number of fused-ring (bicyclic) bond motifs is 1. The van der Waals surface area contributed by atoms with Gasteiger partial charge in [-0.1, -0.05) is 19.3 Å². The van der Waals surface area contributed by atoms with E-state index in [1.54, 1.807) is 17.0 Å². The number of carbonyl (C=O) groups excluding carboxylic acids is 3. The smallest absolute Gasteiger partial charge is 0.259 e. The molecule has 0 radical (unpaired) electrons. The molecular weight excluding hydrogens is 492 g/mol. The number of hydrogen-bond donors (Lipinski definition) is 1. The molecule has 0 unspecified atom stereocenters. The number of nitrogens with two attached hydrogens (primary N) is 1. The van der Waals surface area contributed by atoms with E-state index in [0.717, 1.165) is 32.1 Å². The molecule has 2 aliphatic heterocycles. The van der Waals surface area contributed by atoms with Gasteiger partial charge in [0.25, 0.3) is 5.91 Å². The van der Waals surface area contributed by atoms with Crippen LogP contribution in [0.2, 0.25) is 0 Å². The number of halogens is 1. The molecule has 2 aromatic rings. The third-order valence-corrected chi connectivity index (χ3v) is 8.79. The molecule has 0 spiro atoms. The highest BCUT2D eigenvalue weighted by Crippen LogP contribution is 2.44. The number of alkyl halides is 1. The van der Waals surface area contributed by atoms with E-state index in [4.69, 9.17) is 26.8 Å². The lowest BCUT2D eigenvalue weighted by Gasteiger charge is -2.34. The first-order chi connectivity index (χ1) is 16.9. The first-order valence-corrected chi connectivity index (χ1v) is 13.0. The Balaban J connectivity index is 1.56. The first kappa shape index (κ1) is 24.1. The van der Waals surface area contributed by atoms with E-state index in [2.05, 4.69) is 10.2 Å². The van der Waals surface area contributed by atoms with Gasteiger partial charge in [0.15, 0.2) is 5.78 Å². The predicted octanol–water partition coefficient (Wildman–Crippen LogP) is 2.76. The van der Waals surface area contributed by atoms with Gasteiger partial charge in [-0.3, -0.25) is 14.4 Å². The highest BCUT2D eigenvalue weighted by molar-refractivity contribution is 7.17. The van der Waals surface area contributed by atoms with Crippen LogP contribution >= 0.6 is 22.9 Å². The summed E-state index contributed by atoms with van der Waals surface area (Å²) in [5.41, 5.74) is 6.94. The summed E-state index contributed by atoms with van der Waals surface area (Å²) in [6.45, 7) is 0.194. The van der Waals surface area contributed by atoms with Gasteiger partial charge in [-0.2, -0.15) is 0 Å². The number of nitrogens with zero attached hydrogens (tertiary/aromatic N) is 3. The standard InChI is InChI=1S/C24H27ClN4O5S/c1-33-18-8-7-15(27-28-18)17-9-13(22(35-17)23(26)31)19(12-5-3-2-4-6-12)24(32)29-10-14(25)21-20(29)16(30)11-34-21/h7-9,12,14,19-21H,2-6,10-11H2,1H3,(H2,26,31)/t14-,19-,20+,21+/m0/s1. The minimum absolute atomic E-state index is 0.0315. The number of likely N-dealkylation sites (tertiary alicyclic amines) is 1. The molecule has 9 nitrogen and oxygen atoms in total. The van der Waals surface area contributed by atoms with Gasteiger partial charge in [-0.15, -0.1) is 33.1 Å². The van der Waals surface area contributed by atoms with Crippen LogP contribution in [0.3, 0.4) is 0 Å². The lowest BCUT2D eigenvalue weighted by atomic mass is 9.76. The van der Waals surface area contributed by atoms with Crippen molar-refractivity contribution in [1.29, 1.82) is 0 Å². The summed E-state index contributed by atoms with van der Waals surface area (Å²) < 4.78 is 10.7. The Morgan fingerprint density at radius 2 is 2.03 bits per heavy atom. The maximum Gasteiger partial charge on any atom is 0.259 e. The molecule has 3 aliphatic rings. The van der Waals surface area contributed by atoms with Crippen molar-refractivity contribution in [2.75, 3.05) is 20.3 Å². The van der Waals surface area contributed by atoms with E-state index in [9.17, 15) is 14.4 Å². The average Bonchev–Trinajstić information content (AvgIpc) is 3.56. The predicted molar refractivity (Wildman–Crippen MR) is 130 cm³/mol. The molecule has 2 amide bonds. The van der Waals surface area contributed by atoms with Gasteiger partial charge >= 0.3 is 0 Å². The van der Waals surface area contributed by atoms with Crippen LogP contribution in [0.25, 0.3) is 10.6 Å². The number of methoxy groups -OCH3 is 1. The van der Waals surface area contributed by atoms with Crippen LogP contribution < -0.4 is 10.5 Å². The Hall–Kier alpha value is -2.56. The fraction of sp³-hybridized carbons (Fsp3) is 0.542. The largest absolute Gasteiger partial charge is 0.480 e. The van der Waals surface area contributed by atoms with Gasteiger partial charge in [0.2, 0.25) is 11.8 Å². The van der Waals surface area contributed by atoms with E-state index in [0.29, 0.717) is 26.9 Å². The molecule has 2 N–H and O–H groups in total. The maximum absolute atomic E-state index is 14.2. The van der Waals surface area contributed by atoms with Crippen molar-refractivity contribution >= 4 is 40.5 Å². The second kappa shape index (κ2) is 9.83. The minimum atomic E-state index is -0.682. The molecule has 4 atom stereocenters. The summed E-state index contributed by atoms with van der Waals surface area (Å²) in [6.07, 6.45) is 4.35. The number of carbonyl (C=O) groups is 3. The molecule has 1 aliphatic carbocycles. The van der Waals surface area contributed by atoms with Crippen molar-refractivity contribution in [2.24, 2.45) is 11.7 Å². The van der Waals surface area contributed by atoms with Crippen molar-refractivity contribution in [3.63, 3.8) is 0 Å². The Labute approximate surface area is 211 Å². The van der Waals surface area contributed by atoms with Crippen LogP contribution in [-0.4, -0.2) is 70.5 Å². The number of hydrogen-bond acceptors (Lipinski definition) is 8. The Morgan fingerprint density at radius 1 is 1.26 bits per heavy atom. The summed E-state index contributed by atoms with van der Waals surface area (Å²) >= 11 is 7.68. The van der Waals surface area contributed by atoms with Crippen LogP contribution in [-0.2, 0) is 14.3 Å². The Morgan fingerprint density at radius 3 is 2.69 bits per heavy atom. The minimum Gasteiger partial charge on any atom is -0.480 e. The molecule has 2 saturated heterocycles. The Kier molecular flexibility index (Phi) is 6.78. The van der Waals surface area contributed by atoms with Crippen molar-refractivity contribution in [3.8, 4) is 16.5 Å². The monoisotopic (exact) mass is 518 g/mol. The summed E-state index contributed by atoms with van der Waals surface area (Å²) in [6, 6.07) is 4.59. The molecule has 1 saturated carbocycles. The van der Waals surface area contributed by atoms with Crippen LogP contribution in [0, 0.1) is 5.92 Å². The topological polar surface area (TPSA) is 125 Å². The molecule has 2 aromatic heterocycles. The first-order valence-electron chi connectivity index (χ1n) is 11.8. The number of aromatic nitrogens is 2. The van der Waals surface area contributed by atoms with Gasteiger partial charge in [0, 0.05) is 12.6 Å². The van der Waals surface area contributed by atoms with E-state index in [-0.39, 0.29) is 30.8 Å². The molecule has 11 heteroatoms. The molecule has 3 fully saturated rings. The van der Waals surface area contributed by atoms with Crippen LogP contribution in [0.5, 0.6) is 5.88 Å². The average molecular weight is 519 g/mol. The van der Waals surface area contributed by atoms with Crippen LogP contribution in [0.4, 0.5) is 0 Å². The zero-order valence-electron chi connectivity index (χ0n) is 19.3. The number of Topliss-reactive ketones (excluding diaryl/α,β-unsaturated/α-hetero) is 1. The zero-order chi connectivity index (χ0) is 24.7. The molecule has 5 rings (SSSR count). The van der Waals surface area contributed by atoms with Crippen LogP contribution in [0.15, 0.2) is 18.2 Å². The van der Waals surface area contributed by atoms with E-state index in [1.807, 2.05) is 6.07 Å². The van der Waals surface area contributed by atoms with E-state index in [1.165, 1.54) is 18.4 Å². The molecule has 0 bridgehead atoms. The number of ketones is 1. The Bertz CT molecular complexity index is 1130.